The second kappa shape index (κ2) is 7.06. The Bertz CT molecular complexity index is 858. The zero-order valence-corrected chi connectivity index (χ0v) is 14.0. The largest absolute Gasteiger partial charge is 0.454 e. The molecule has 2 heterocycles. The van der Waals surface area contributed by atoms with E-state index in [1.165, 1.54) is 16.8 Å². The number of aromatic nitrogens is 2. The lowest BCUT2D eigenvalue weighted by atomic mass is 9.98. The third kappa shape index (κ3) is 3.41. The average molecular weight is 344 g/mol. The Morgan fingerprint density at radius 3 is 2.60 bits per heavy atom. The second-order valence-electron chi connectivity index (χ2n) is 6.09. The molecule has 1 fully saturated rings. The van der Waals surface area contributed by atoms with Crippen LogP contribution in [0.5, 0.6) is 0 Å². The molecule has 0 aliphatic carbocycles. The van der Waals surface area contributed by atoms with Crippen LogP contribution in [0.4, 0.5) is 0 Å². The Morgan fingerprint density at radius 2 is 1.96 bits per heavy atom. The number of esters is 1. The van der Waals surface area contributed by atoms with E-state index >= 15 is 0 Å². The minimum absolute atomic E-state index is 0.0958. The normalized spacial score (nSPS) is 25.7. The third-order valence-corrected chi connectivity index (χ3v) is 4.48. The minimum Gasteiger partial charge on any atom is -0.454 e. The molecule has 0 amide bonds. The molecule has 3 rings (SSSR count). The van der Waals surface area contributed by atoms with Gasteiger partial charge in [0.05, 0.1) is 11.7 Å². The average Bonchev–Trinajstić information content (AvgIpc) is 2.92. The predicted octanol–water partition coefficient (Wildman–Crippen LogP) is 1.71. The highest BCUT2D eigenvalue weighted by Gasteiger charge is 2.45. The van der Waals surface area contributed by atoms with Crippen molar-refractivity contribution in [2.45, 2.75) is 38.7 Å². The van der Waals surface area contributed by atoms with Crippen LogP contribution in [0.25, 0.3) is 0 Å². The van der Waals surface area contributed by atoms with E-state index in [0.29, 0.717) is 5.56 Å². The highest BCUT2D eigenvalue weighted by Crippen LogP contribution is 2.37. The molecule has 4 atom stereocenters. The van der Waals surface area contributed by atoms with E-state index in [2.05, 4.69) is 4.98 Å². The topological polar surface area (TPSA) is 90.4 Å². The summed E-state index contributed by atoms with van der Waals surface area (Å²) in [5.41, 5.74) is -0.651. The van der Waals surface area contributed by atoms with Gasteiger partial charge in [-0.3, -0.25) is 14.3 Å². The molecular formula is C18H20N2O5. The first kappa shape index (κ1) is 17.2. The van der Waals surface area contributed by atoms with Crippen molar-refractivity contribution >= 4 is 5.97 Å². The lowest BCUT2D eigenvalue weighted by Gasteiger charge is -2.22. The van der Waals surface area contributed by atoms with Crippen LogP contribution in [0.15, 0.2) is 52.2 Å². The number of nitrogens with zero attached hydrogens (tertiary/aromatic N) is 1. The Hall–Kier alpha value is -2.67. The molecule has 0 radical (unpaired) electrons. The Morgan fingerprint density at radius 1 is 1.24 bits per heavy atom. The van der Waals surface area contributed by atoms with Crippen molar-refractivity contribution in [3.05, 3.63) is 69.0 Å². The van der Waals surface area contributed by atoms with Gasteiger partial charge in [0.2, 0.25) is 0 Å². The highest BCUT2D eigenvalue weighted by molar-refractivity contribution is 5.89. The van der Waals surface area contributed by atoms with E-state index < -0.39 is 29.6 Å². The van der Waals surface area contributed by atoms with Crippen molar-refractivity contribution in [1.82, 2.24) is 9.55 Å². The summed E-state index contributed by atoms with van der Waals surface area (Å²) < 4.78 is 12.9. The molecule has 1 aliphatic heterocycles. The summed E-state index contributed by atoms with van der Waals surface area (Å²) in [6.07, 6.45) is 0.505. The number of carbonyl (C=O) groups is 1. The van der Waals surface area contributed by atoms with E-state index in [0.717, 1.165) is 6.42 Å². The number of rotatable bonds is 4. The summed E-state index contributed by atoms with van der Waals surface area (Å²) in [6, 6.07) is 9.90. The number of H-pyrrole nitrogens is 1. The summed E-state index contributed by atoms with van der Waals surface area (Å²) in [5, 5.41) is 0. The number of hydrogen-bond donors (Lipinski definition) is 1. The molecule has 1 saturated heterocycles. The monoisotopic (exact) mass is 344 g/mol. The van der Waals surface area contributed by atoms with Crippen LogP contribution in [0.1, 0.15) is 36.9 Å². The fraction of sp³-hybridized carbons (Fsp3) is 0.389. The summed E-state index contributed by atoms with van der Waals surface area (Å²) in [4.78, 5) is 38.0. The quantitative estimate of drug-likeness (QED) is 0.853. The maximum atomic E-state index is 12.4. The van der Waals surface area contributed by atoms with Gasteiger partial charge in [-0.2, -0.15) is 0 Å². The summed E-state index contributed by atoms with van der Waals surface area (Å²) in [5.74, 6) is -0.568. The van der Waals surface area contributed by atoms with Crippen LogP contribution in [0, 0.1) is 5.92 Å². The van der Waals surface area contributed by atoms with Crippen LogP contribution < -0.4 is 11.2 Å². The zero-order chi connectivity index (χ0) is 18.0. The van der Waals surface area contributed by atoms with Gasteiger partial charge in [0.1, 0.15) is 0 Å². The van der Waals surface area contributed by atoms with Gasteiger partial charge >= 0.3 is 11.7 Å². The fourth-order valence-corrected chi connectivity index (χ4v) is 3.10. The van der Waals surface area contributed by atoms with E-state index in [9.17, 15) is 14.4 Å². The maximum Gasteiger partial charge on any atom is 0.338 e. The van der Waals surface area contributed by atoms with Crippen LogP contribution in [-0.2, 0) is 9.47 Å². The highest BCUT2D eigenvalue weighted by atomic mass is 16.6. The van der Waals surface area contributed by atoms with Crippen LogP contribution >= 0.6 is 0 Å². The summed E-state index contributed by atoms with van der Waals surface area (Å²) in [7, 11) is 0. The number of benzene rings is 1. The Balaban J connectivity index is 1.91. The number of carbonyl (C=O) groups excluding carboxylic acids is 1. The van der Waals surface area contributed by atoms with Gasteiger partial charge in [0.15, 0.2) is 12.3 Å². The molecule has 0 saturated carbocycles. The molecule has 1 aromatic heterocycles. The van der Waals surface area contributed by atoms with Crippen LogP contribution in [0.2, 0.25) is 0 Å². The smallest absolute Gasteiger partial charge is 0.338 e. The lowest BCUT2D eigenvalue weighted by molar-refractivity contribution is -0.0510. The van der Waals surface area contributed by atoms with Gasteiger partial charge < -0.3 is 9.47 Å². The molecule has 25 heavy (non-hydrogen) atoms. The fourth-order valence-electron chi connectivity index (χ4n) is 3.10. The standard InChI is InChI=1S/C18H20N2O5/c1-3-13-11(2)15(25-17(22)12-7-5-4-6-8-12)16(24-13)20-10-9-14(21)19-18(20)23/h4-11,13,15-16H,3H2,1-2H3,(H,19,21,23)/t11-,13-,15-,16-/m0/s1. The minimum atomic E-state index is -0.781. The molecule has 0 spiro atoms. The molecule has 0 unspecified atom stereocenters. The van der Waals surface area contributed by atoms with E-state index in [4.69, 9.17) is 9.47 Å². The van der Waals surface area contributed by atoms with Gasteiger partial charge in [-0.15, -0.1) is 0 Å². The number of nitrogens with one attached hydrogen (secondary N) is 1. The van der Waals surface area contributed by atoms with Crippen molar-refractivity contribution in [2.24, 2.45) is 5.92 Å². The number of aromatic amines is 1. The van der Waals surface area contributed by atoms with Crippen molar-refractivity contribution in [1.29, 1.82) is 0 Å². The third-order valence-electron chi connectivity index (χ3n) is 4.48. The SMILES string of the molecule is CC[C@@H]1O[C@H](n2ccc(=O)[nH]c2=O)[C@@H](OC(=O)c2ccccc2)[C@H]1C. The molecule has 7 heteroatoms. The lowest BCUT2D eigenvalue weighted by Crippen LogP contribution is -2.37. The maximum absolute atomic E-state index is 12.4. The predicted molar refractivity (Wildman–Crippen MR) is 90.3 cm³/mol. The first-order chi connectivity index (χ1) is 12.0. The van der Waals surface area contributed by atoms with Crippen molar-refractivity contribution in [3.63, 3.8) is 0 Å². The summed E-state index contributed by atoms with van der Waals surface area (Å²) >= 11 is 0. The van der Waals surface area contributed by atoms with E-state index in [1.54, 1.807) is 24.3 Å². The molecule has 0 bridgehead atoms. The van der Waals surface area contributed by atoms with E-state index in [1.807, 2.05) is 19.9 Å². The van der Waals surface area contributed by atoms with Crippen molar-refractivity contribution < 1.29 is 14.3 Å². The van der Waals surface area contributed by atoms with Gasteiger partial charge in [-0.1, -0.05) is 32.0 Å². The second-order valence-corrected chi connectivity index (χ2v) is 6.09. The zero-order valence-electron chi connectivity index (χ0n) is 14.0. The molecule has 1 N–H and O–H groups in total. The van der Waals surface area contributed by atoms with Crippen LogP contribution in [0.3, 0.4) is 0 Å². The first-order valence-corrected chi connectivity index (χ1v) is 8.24. The number of ether oxygens (including phenoxy) is 2. The van der Waals surface area contributed by atoms with Crippen LogP contribution in [-0.4, -0.2) is 27.7 Å². The Kier molecular flexibility index (Phi) is 4.85. The van der Waals surface area contributed by atoms with Crippen molar-refractivity contribution in [2.75, 3.05) is 0 Å². The molecule has 132 valence electrons. The Labute approximate surface area is 144 Å². The van der Waals surface area contributed by atoms with Crippen molar-refractivity contribution in [3.8, 4) is 0 Å². The molecule has 7 nitrogen and oxygen atoms in total. The van der Waals surface area contributed by atoms with Gasteiger partial charge in [-0.05, 0) is 18.6 Å². The first-order valence-electron chi connectivity index (χ1n) is 8.24. The van der Waals surface area contributed by atoms with E-state index in [-0.39, 0.29) is 12.0 Å². The number of hydrogen-bond acceptors (Lipinski definition) is 5. The molecular weight excluding hydrogens is 324 g/mol. The summed E-state index contributed by atoms with van der Waals surface area (Å²) in [6.45, 7) is 3.89. The molecule has 1 aliphatic rings. The van der Waals surface area contributed by atoms with Gasteiger partial charge in [0.25, 0.3) is 5.56 Å². The van der Waals surface area contributed by atoms with Gasteiger partial charge in [-0.25, -0.2) is 9.59 Å². The van der Waals surface area contributed by atoms with Gasteiger partial charge in [0, 0.05) is 18.2 Å². The molecule has 1 aromatic carbocycles. The molecule has 2 aromatic rings.